The summed E-state index contributed by atoms with van der Waals surface area (Å²) in [5.74, 6) is -0.118. The molecule has 0 saturated carbocycles. The van der Waals surface area contributed by atoms with Crippen molar-refractivity contribution in [1.82, 2.24) is 24.3 Å². The Morgan fingerprint density at radius 2 is 1.63 bits per heavy atom. The molecule has 4 rings (SSSR count). The standard InChI is InChI=1S/C20H21N5O2/c1-14-18(15-5-3-4-6-17(15)23(14)2)20(27)25-11-9-24(10-12-25)19(26)16-13-21-7-8-22-16/h3-8,13H,9-12H2,1-2H3. The Bertz CT molecular complexity index is 1000. The zero-order chi connectivity index (χ0) is 19.0. The van der Waals surface area contributed by atoms with Crippen molar-refractivity contribution in [2.24, 2.45) is 7.05 Å². The third kappa shape index (κ3) is 2.95. The van der Waals surface area contributed by atoms with Crippen LogP contribution in [0.2, 0.25) is 0 Å². The molecule has 138 valence electrons. The number of para-hydroxylation sites is 1. The molecular formula is C20H21N5O2. The molecule has 7 nitrogen and oxygen atoms in total. The summed E-state index contributed by atoms with van der Waals surface area (Å²) in [7, 11) is 1.98. The number of aryl methyl sites for hydroxylation is 1. The van der Waals surface area contributed by atoms with Gasteiger partial charge in [0.15, 0.2) is 0 Å². The molecule has 2 amide bonds. The van der Waals surface area contributed by atoms with Gasteiger partial charge in [-0.05, 0) is 13.0 Å². The Balaban J connectivity index is 1.51. The van der Waals surface area contributed by atoms with Gasteiger partial charge < -0.3 is 14.4 Å². The Labute approximate surface area is 157 Å². The van der Waals surface area contributed by atoms with E-state index < -0.39 is 0 Å². The van der Waals surface area contributed by atoms with Crippen molar-refractivity contribution in [3.05, 3.63) is 59.8 Å². The van der Waals surface area contributed by atoms with Crippen LogP contribution >= 0.6 is 0 Å². The van der Waals surface area contributed by atoms with Gasteiger partial charge in [0.1, 0.15) is 5.69 Å². The van der Waals surface area contributed by atoms with Crippen molar-refractivity contribution in [3.8, 4) is 0 Å². The highest BCUT2D eigenvalue weighted by molar-refractivity contribution is 6.08. The number of amides is 2. The highest BCUT2D eigenvalue weighted by Crippen LogP contribution is 2.26. The lowest BCUT2D eigenvalue weighted by Gasteiger charge is -2.34. The molecular weight excluding hydrogens is 342 g/mol. The zero-order valence-electron chi connectivity index (χ0n) is 15.4. The number of aromatic nitrogens is 3. The molecule has 3 aromatic rings. The number of carbonyl (C=O) groups is 2. The monoisotopic (exact) mass is 363 g/mol. The van der Waals surface area contributed by atoms with Gasteiger partial charge in [0, 0.05) is 62.2 Å². The molecule has 27 heavy (non-hydrogen) atoms. The minimum Gasteiger partial charge on any atom is -0.347 e. The lowest BCUT2D eigenvalue weighted by atomic mass is 10.1. The van der Waals surface area contributed by atoms with E-state index in [0.29, 0.717) is 31.9 Å². The molecule has 0 radical (unpaired) electrons. The number of rotatable bonds is 2. The number of carbonyl (C=O) groups excluding carboxylic acids is 2. The van der Waals surface area contributed by atoms with Crippen LogP contribution in [0.1, 0.15) is 26.5 Å². The summed E-state index contributed by atoms with van der Waals surface area (Å²) >= 11 is 0. The Hall–Kier alpha value is -3.22. The van der Waals surface area contributed by atoms with Gasteiger partial charge in [0.25, 0.3) is 11.8 Å². The quantitative estimate of drug-likeness (QED) is 0.697. The highest BCUT2D eigenvalue weighted by Gasteiger charge is 2.28. The van der Waals surface area contributed by atoms with Gasteiger partial charge >= 0.3 is 0 Å². The van der Waals surface area contributed by atoms with Gasteiger partial charge in [0.05, 0.1) is 11.8 Å². The van der Waals surface area contributed by atoms with E-state index in [1.165, 1.54) is 12.4 Å². The fourth-order valence-corrected chi connectivity index (χ4v) is 3.63. The van der Waals surface area contributed by atoms with Crippen LogP contribution in [0.4, 0.5) is 0 Å². The number of benzene rings is 1. The summed E-state index contributed by atoms with van der Waals surface area (Å²) in [6.45, 7) is 3.97. The fourth-order valence-electron chi connectivity index (χ4n) is 3.63. The number of fused-ring (bicyclic) bond motifs is 1. The minimum atomic E-state index is -0.142. The predicted octanol–water partition coefficient (Wildman–Crippen LogP) is 1.87. The van der Waals surface area contributed by atoms with E-state index in [-0.39, 0.29) is 11.8 Å². The summed E-state index contributed by atoms with van der Waals surface area (Å²) in [6, 6.07) is 7.95. The van der Waals surface area contributed by atoms with E-state index in [2.05, 4.69) is 14.5 Å². The topological polar surface area (TPSA) is 71.3 Å². The summed E-state index contributed by atoms with van der Waals surface area (Å²) in [5.41, 5.74) is 3.10. The maximum absolute atomic E-state index is 13.2. The molecule has 1 aliphatic heterocycles. The normalized spacial score (nSPS) is 14.6. The molecule has 0 bridgehead atoms. The lowest BCUT2D eigenvalue weighted by Crippen LogP contribution is -2.50. The molecule has 1 aliphatic rings. The first-order chi connectivity index (χ1) is 13.1. The van der Waals surface area contributed by atoms with Crippen molar-refractivity contribution in [2.75, 3.05) is 26.2 Å². The molecule has 7 heteroatoms. The van der Waals surface area contributed by atoms with Gasteiger partial charge in [-0.15, -0.1) is 0 Å². The number of hydrogen-bond acceptors (Lipinski definition) is 4. The van der Waals surface area contributed by atoms with Crippen molar-refractivity contribution in [1.29, 1.82) is 0 Å². The third-order valence-electron chi connectivity index (χ3n) is 5.25. The molecule has 0 unspecified atom stereocenters. The van der Waals surface area contributed by atoms with Gasteiger partial charge in [0.2, 0.25) is 0 Å². The van der Waals surface area contributed by atoms with Crippen LogP contribution in [0.5, 0.6) is 0 Å². The maximum Gasteiger partial charge on any atom is 0.274 e. The maximum atomic E-state index is 13.2. The molecule has 2 aromatic heterocycles. The van der Waals surface area contributed by atoms with Crippen LogP contribution in [-0.2, 0) is 7.05 Å². The van der Waals surface area contributed by atoms with Gasteiger partial charge in [-0.3, -0.25) is 14.6 Å². The molecule has 0 atom stereocenters. The lowest BCUT2D eigenvalue weighted by molar-refractivity contribution is 0.0532. The van der Waals surface area contributed by atoms with Crippen LogP contribution in [-0.4, -0.2) is 62.3 Å². The Kier molecular flexibility index (Phi) is 4.35. The van der Waals surface area contributed by atoms with E-state index in [0.717, 1.165) is 22.2 Å². The van der Waals surface area contributed by atoms with Crippen LogP contribution in [0.3, 0.4) is 0 Å². The van der Waals surface area contributed by atoms with Crippen LogP contribution in [0.25, 0.3) is 10.9 Å². The first kappa shape index (κ1) is 17.2. The summed E-state index contributed by atoms with van der Waals surface area (Å²) in [5, 5.41) is 0.973. The molecule has 0 N–H and O–H groups in total. The average molecular weight is 363 g/mol. The van der Waals surface area contributed by atoms with E-state index in [1.54, 1.807) is 11.1 Å². The van der Waals surface area contributed by atoms with Crippen molar-refractivity contribution >= 4 is 22.7 Å². The van der Waals surface area contributed by atoms with Crippen LogP contribution in [0, 0.1) is 6.92 Å². The molecule has 0 spiro atoms. The third-order valence-corrected chi connectivity index (χ3v) is 5.25. The number of piperazine rings is 1. The smallest absolute Gasteiger partial charge is 0.274 e. The highest BCUT2D eigenvalue weighted by atomic mass is 16.2. The second kappa shape index (κ2) is 6.83. The van der Waals surface area contributed by atoms with E-state index >= 15 is 0 Å². The Morgan fingerprint density at radius 1 is 0.963 bits per heavy atom. The van der Waals surface area contributed by atoms with E-state index in [4.69, 9.17) is 0 Å². The Morgan fingerprint density at radius 3 is 2.30 bits per heavy atom. The largest absolute Gasteiger partial charge is 0.347 e. The van der Waals surface area contributed by atoms with Crippen molar-refractivity contribution < 1.29 is 9.59 Å². The fraction of sp³-hybridized carbons (Fsp3) is 0.300. The number of nitrogens with zero attached hydrogens (tertiary/aromatic N) is 5. The zero-order valence-corrected chi connectivity index (χ0v) is 15.4. The second-order valence-corrected chi connectivity index (χ2v) is 6.71. The summed E-state index contributed by atoms with van der Waals surface area (Å²) in [4.78, 5) is 37.2. The van der Waals surface area contributed by atoms with Gasteiger partial charge in [-0.1, -0.05) is 18.2 Å². The predicted molar refractivity (Wildman–Crippen MR) is 101 cm³/mol. The van der Waals surface area contributed by atoms with E-state index in [9.17, 15) is 9.59 Å². The molecule has 0 aliphatic carbocycles. The van der Waals surface area contributed by atoms with Crippen LogP contribution in [0.15, 0.2) is 42.9 Å². The number of hydrogen-bond donors (Lipinski definition) is 0. The van der Waals surface area contributed by atoms with Crippen molar-refractivity contribution in [2.45, 2.75) is 6.92 Å². The average Bonchev–Trinajstić information content (AvgIpc) is 2.98. The SMILES string of the molecule is Cc1c(C(=O)N2CCN(C(=O)c3cnccn3)CC2)c2ccccc2n1C. The molecule has 3 heterocycles. The van der Waals surface area contributed by atoms with Gasteiger partial charge in [-0.25, -0.2) is 4.98 Å². The van der Waals surface area contributed by atoms with Crippen molar-refractivity contribution in [3.63, 3.8) is 0 Å². The van der Waals surface area contributed by atoms with E-state index in [1.807, 2.05) is 43.1 Å². The molecule has 1 fully saturated rings. The molecule has 1 aromatic carbocycles. The first-order valence-electron chi connectivity index (χ1n) is 8.96. The minimum absolute atomic E-state index is 0.0240. The summed E-state index contributed by atoms with van der Waals surface area (Å²) in [6.07, 6.45) is 4.52. The first-order valence-corrected chi connectivity index (χ1v) is 8.96. The van der Waals surface area contributed by atoms with Crippen LogP contribution < -0.4 is 0 Å². The van der Waals surface area contributed by atoms with Gasteiger partial charge in [-0.2, -0.15) is 0 Å². The second-order valence-electron chi connectivity index (χ2n) is 6.71. The molecule has 1 saturated heterocycles. The summed E-state index contributed by atoms with van der Waals surface area (Å²) < 4.78 is 2.05.